The van der Waals surface area contributed by atoms with E-state index in [0.717, 1.165) is 38.9 Å². The molecule has 2 N–H and O–H groups in total. The van der Waals surface area contributed by atoms with Crippen LogP contribution >= 0.6 is 0 Å². The molecule has 0 radical (unpaired) electrons. The Hall–Kier alpha value is -0.810. The van der Waals surface area contributed by atoms with Crippen molar-refractivity contribution < 1.29 is 14.6 Å². The van der Waals surface area contributed by atoms with E-state index in [0.29, 0.717) is 30.4 Å². The molecule has 1 aliphatic carbocycles. The largest absolute Gasteiger partial charge is 0.444 e. The Morgan fingerprint density at radius 2 is 1.88 bits per heavy atom. The molecule has 2 rings (SSSR count). The fourth-order valence-electron chi connectivity index (χ4n) is 4.21. The van der Waals surface area contributed by atoms with Crippen LogP contribution in [0.3, 0.4) is 0 Å². The molecule has 1 heterocycles. The van der Waals surface area contributed by atoms with Crippen LogP contribution in [-0.4, -0.2) is 54.0 Å². The van der Waals surface area contributed by atoms with Crippen molar-refractivity contribution in [3.8, 4) is 0 Å². The predicted molar refractivity (Wildman–Crippen MR) is 101 cm³/mol. The highest BCUT2D eigenvalue weighted by Crippen LogP contribution is 2.29. The zero-order valence-electron chi connectivity index (χ0n) is 16.6. The maximum Gasteiger partial charge on any atom is 0.410 e. The number of hydrogen-bond acceptors (Lipinski definition) is 4. The molecule has 0 aromatic carbocycles. The standard InChI is InChI=1S/C20H38N2O3/c1-15(21-12-16-8-5-6-9-18(16)14-23)17-10-7-11-22(13-17)19(24)25-20(2,3)4/h15-18,21,23H,5-14H2,1-4H3. The van der Waals surface area contributed by atoms with Crippen LogP contribution in [0.2, 0.25) is 0 Å². The van der Waals surface area contributed by atoms with E-state index in [4.69, 9.17) is 4.74 Å². The Labute approximate surface area is 153 Å². The molecule has 1 amide bonds. The number of rotatable bonds is 5. The van der Waals surface area contributed by atoms with Gasteiger partial charge in [-0.1, -0.05) is 12.8 Å². The highest BCUT2D eigenvalue weighted by Gasteiger charge is 2.31. The third-order valence-corrected chi connectivity index (χ3v) is 5.82. The zero-order valence-corrected chi connectivity index (χ0v) is 16.6. The monoisotopic (exact) mass is 354 g/mol. The number of amides is 1. The number of carbonyl (C=O) groups excluding carboxylic acids is 1. The van der Waals surface area contributed by atoms with Crippen LogP contribution in [0.5, 0.6) is 0 Å². The van der Waals surface area contributed by atoms with Crippen molar-refractivity contribution >= 4 is 6.09 Å². The van der Waals surface area contributed by atoms with Gasteiger partial charge in [0, 0.05) is 25.7 Å². The summed E-state index contributed by atoms with van der Waals surface area (Å²) in [6, 6.07) is 0.381. The van der Waals surface area contributed by atoms with Gasteiger partial charge in [0.15, 0.2) is 0 Å². The van der Waals surface area contributed by atoms with E-state index in [-0.39, 0.29) is 6.09 Å². The molecule has 5 nitrogen and oxygen atoms in total. The number of piperidine rings is 1. The van der Waals surface area contributed by atoms with E-state index in [2.05, 4.69) is 12.2 Å². The fraction of sp³-hybridized carbons (Fsp3) is 0.950. The van der Waals surface area contributed by atoms with Gasteiger partial charge in [-0.2, -0.15) is 0 Å². The van der Waals surface area contributed by atoms with Crippen molar-refractivity contribution in [1.82, 2.24) is 10.2 Å². The van der Waals surface area contributed by atoms with Crippen molar-refractivity contribution in [2.24, 2.45) is 17.8 Å². The molecule has 4 atom stereocenters. The van der Waals surface area contributed by atoms with Crippen molar-refractivity contribution in [2.75, 3.05) is 26.2 Å². The van der Waals surface area contributed by atoms with Crippen LogP contribution in [0.4, 0.5) is 4.79 Å². The summed E-state index contributed by atoms with van der Waals surface area (Å²) >= 11 is 0. The second kappa shape index (κ2) is 9.22. The summed E-state index contributed by atoms with van der Waals surface area (Å²) in [4.78, 5) is 14.2. The van der Waals surface area contributed by atoms with Gasteiger partial charge in [-0.05, 0) is 77.7 Å². The Bertz CT molecular complexity index is 422. The maximum absolute atomic E-state index is 12.3. The molecule has 4 unspecified atom stereocenters. The summed E-state index contributed by atoms with van der Waals surface area (Å²) in [6.45, 7) is 10.9. The number of nitrogens with one attached hydrogen (secondary N) is 1. The first kappa shape index (κ1) is 20.5. The number of aliphatic hydroxyl groups is 1. The van der Waals surface area contributed by atoms with E-state index in [1.165, 1.54) is 19.3 Å². The molecular weight excluding hydrogens is 316 g/mol. The second-order valence-corrected chi connectivity index (χ2v) is 9.01. The molecule has 5 heteroatoms. The molecule has 1 saturated heterocycles. The molecule has 0 spiro atoms. The predicted octanol–water partition coefficient (Wildman–Crippen LogP) is 3.41. The van der Waals surface area contributed by atoms with Gasteiger partial charge >= 0.3 is 6.09 Å². The van der Waals surface area contributed by atoms with Crippen molar-refractivity contribution in [1.29, 1.82) is 0 Å². The van der Waals surface area contributed by atoms with Crippen molar-refractivity contribution in [3.05, 3.63) is 0 Å². The van der Waals surface area contributed by atoms with Crippen LogP contribution in [0, 0.1) is 17.8 Å². The second-order valence-electron chi connectivity index (χ2n) is 9.01. The molecule has 2 fully saturated rings. The zero-order chi connectivity index (χ0) is 18.4. The minimum atomic E-state index is -0.436. The summed E-state index contributed by atoms with van der Waals surface area (Å²) in [5.41, 5.74) is -0.436. The average molecular weight is 355 g/mol. The smallest absolute Gasteiger partial charge is 0.410 e. The highest BCUT2D eigenvalue weighted by molar-refractivity contribution is 5.68. The summed E-state index contributed by atoms with van der Waals surface area (Å²) in [7, 11) is 0. The Morgan fingerprint density at radius 1 is 1.20 bits per heavy atom. The molecule has 0 aromatic rings. The van der Waals surface area contributed by atoms with E-state index in [9.17, 15) is 9.90 Å². The van der Waals surface area contributed by atoms with Crippen LogP contribution in [0.15, 0.2) is 0 Å². The van der Waals surface area contributed by atoms with E-state index >= 15 is 0 Å². The lowest BCUT2D eigenvalue weighted by atomic mass is 9.79. The number of carbonyl (C=O) groups is 1. The quantitative estimate of drug-likeness (QED) is 0.794. The minimum absolute atomic E-state index is 0.183. The third kappa shape index (κ3) is 6.45. The molecule has 1 aliphatic heterocycles. The SMILES string of the molecule is CC(NCC1CCCCC1CO)C1CCCN(C(=O)OC(C)(C)C)C1. The average Bonchev–Trinajstić information content (AvgIpc) is 2.58. The number of nitrogens with zero attached hydrogens (tertiary/aromatic N) is 1. The highest BCUT2D eigenvalue weighted by atomic mass is 16.6. The molecule has 1 saturated carbocycles. The van der Waals surface area contributed by atoms with E-state index in [1.807, 2.05) is 25.7 Å². The first-order valence-electron chi connectivity index (χ1n) is 10.1. The van der Waals surface area contributed by atoms with Gasteiger partial charge < -0.3 is 20.1 Å². The van der Waals surface area contributed by atoms with Crippen molar-refractivity contribution in [2.45, 2.75) is 77.9 Å². The number of ether oxygens (including phenoxy) is 1. The lowest BCUT2D eigenvalue weighted by Gasteiger charge is -2.38. The van der Waals surface area contributed by atoms with Gasteiger partial charge in [0.1, 0.15) is 5.60 Å². The van der Waals surface area contributed by atoms with Gasteiger partial charge in [-0.25, -0.2) is 4.79 Å². The lowest BCUT2D eigenvalue weighted by Crippen LogP contribution is -2.49. The van der Waals surface area contributed by atoms with Gasteiger partial charge in [-0.15, -0.1) is 0 Å². The third-order valence-electron chi connectivity index (χ3n) is 5.82. The summed E-state index contributed by atoms with van der Waals surface area (Å²) < 4.78 is 5.53. The fourth-order valence-corrected chi connectivity index (χ4v) is 4.21. The van der Waals surface area contributed by atoms with E-state index < -0.39 is 5.60 Å². The molecule has 0 aromatic heterocycles. The Kier molecular flexibility index (Phi) is 7.56. The van der Waals surface area contributed by atoms with Crippen LogP contribution in [0.1, 0.15) is 66.2 Å². The van der Waals surface area contributed by atoms with Gasteiger partial charge in [0.2, 0.25) is 0 Å². The van der Waals surface area contributed by atoms with Gasteiger partial charge in [0.05, 0.1) is 0 Å². The first-order valence-corrected chi connectivity index (χ1v) is 10.1. The van der Waals surface area contributed by atoms with Crippen LogP contribution in [-0.2, 0) is 4.74 Å². The molecule has 0 bridgehead atoms. The summed E-state index contributed by atoms with van der Waals surface area (Å²) in [6.07, 6.45) is 6.93. The maximum atomic E-state index is 12.3. The summed E-state index contributed by atoms with van der Waals surface area (Å²) in [5.74, 6) is 1.52. The molecule has 146 valence electrons. The number of aliphatic hydroxyl groups excluding tert-OH is 1. The number of hydrogen-bond donors (Lipinski definition) is 2. The Morgan fingerprint density at radius 3 is 2.52 bits per heavy atom. The normalized spacial score (nSPS) is 29.3. The molecular formula is C20H38N2O3. The van der Waals surface area contributed by atoms with Crippen molar-refractivity contribution in [3.63, 3.8) is 0 Å². The van der Waals surface area contributed by atoms with Gasteiger partial charge in [-0.3, -0.25) is 0 Å². The minimum Gasteiger partial charge on any atom is -0.444 e. The van der Waals surface area contributed by atoms with E-state index in [1.54, 1.807) is 0 Å². The summed E-state index contributed by atoms with van der Waals surface area (Å²) in [5, 5.41) is 13.3. The Balaban J connectivity index is 1.80. The van der Waals surface area contributed by atoms with Crippen LogP contribution in [0.25, 0.3) is 0 Å². The van der Waals surface area contributed by atoms with Gasteiger partial charge in [0.25, 0.3) is 0 Å². The lowest BCUT2D eigenvalue weighted by molar-refractivity contribution is 0.0145. The number of likely N-dealkylation sites (tertiary alicyclic amines) is 1. The first-order chi connectivity index (χ1) is 11.8. The van der Waals surface area contributed by atoms with Crippen LogP contribution < -0.4 is 5.32 Å². The molecule has 25 heavy (non-hydrogen) atoms. The molecule has 2 aliphatic rings. The topological polar surface area (TPSA) is 61.8 Å².